The van der Waals surface area contributed by atoms with Gasteiger partial charge in [0.15, 0.2) is 0 Å². The quantitative estimate of drug-likeness (QED) is 0.452. The van der Waals surface area contributed by atoms with Crippen LogP contribution < -0.4 is 0 Å². The van der Waals surface area contributed by atoms with Gasteiger partial charge in [0.05, 0.1) is 18.1 Å². The summed E-state index contributed by atoms with van der Waals surface area (Å²) < 4.78 is 45.0. The lowest BCUT2D eigenvalue weighted by atomic mass is 9.63. The molecule has 3 nitrogen and oxygen atoms in total. The molecule has 0 amide bonds. The minimum atomic E-state index is -4.42. The van der Waals surface area contributed by atoms with Gasteiger partial charge in [-0.3, -0.25) is 9.78 Å². The predicted octanol–water partition coefficient (Wildman–Crippen LogP) is 6.61. The average Bonchev–Trinajstić information content (AvgIpc) is 2.77. The van der Waals surface area contributed by atoms with E-state index in [0.717, 1.165) is 23.3 Å². The molecule has 1 heterocycles. The Morgan fingerprint density at radius 1 is 1.12 bits per heavy atom. The summed E-state index contributed by atoms with van der Waals surface area (Å²) in [4.78, 5) is 17.2. The number of esters is 1. The summed E-state index contributed by atoms with van der Waals surface area (Å²) in [6.45, 7) is 6.05. The van der Waals surface area contributed by atoms with Crippen molar-refractivity contribution >= 4 is 11.5 Å². The number of hydrogen-bond donors (Lipinski definition) is 0. The molecular weight excluding hydrogens is 415 g/mol. The molecule has 0 saturated heterocycles. The maximum atomic E-state index is 13.2. The molecule has 0 saturated carbocycles. The second-order valence-electron chi connectivity index (χ2n) is 8.49. The molecule has 2 atom stereocenters. The minimum Gasteiger partial charge on any atom is -0.466 e. The van der Waals surface area contributed by atoms with Gasteiger partial charge < -0.3 is 4.74 Å². The molecule has 1 aromatic heterocycles. The highest BCUT2D eigenvalue weighted by molar-refractivity contribution is 5.81. The van der Waals surface area contributed by atoms with Crippen LogP contribution in [0.15, 0.2) is 67.0 Å². The number of ether oxygens (including phenoxy) is 1. The molecule has 0 aliphatic heterocycles. The Bertz CT molecular complexity index is 978. The largest absolute Gasteiger partial charge is 0.466 e. The molecule has 0 radical (unpaired) electrons. The lowest BCUT2D eigenvalue weighted by molar-refractivity contribution is -0.151. The van der Waals surface area contributed by atoms with Crippen LogP contribution in [0.4, 0.5) is 13.2 Å². The molecule has 3 rings (SSSR count). The van der Waals surface area contributed by atoms with Crippen LogP contribution in [0, 0.1) is 11.8 Å². The van der Waals surface area contributed by atoms with E-state index in [4.69, 9.17) is 4.74 Å². The van der Waals surface area contributed by atoms with Crippen molar-refractivity contribution in [3.05, 3.63) is 83.7 Å². The Morgan fingerprint density at radius 2 is 1.78 bits per heavy atom. The zero-order chi connectivity index (χ0) is 23.4. The summed E-state index contributed by atoms with van der Waals surface area (Å²) in [7, 11) is 0. The Kier molecular flexibility index (Phi) is 7.22. The van der Waals surface area contributed by atoms with Crippen molar-refractivity contribution in [2.75, 3.05) is 6.61 Å². The first-order valence-electron chi connectivity index (χ1n) is 10.8. The lowest BCUT2D eigenvalue weighted by Crippen LogP contribution is -2.41. The van der Waals surface area contributed by atoms with Crippen LogP contribution in [0.5, 0.6) is 0 Å². The highest BCUT2D eigenvalue weighted by Gasteiger charge is 2.45. The summed E-state index contributed by atoms with van der Waals surface area (Å²) in [6, 6.07) is 8.92. The van der Waals surface area contributed by atoms with Crippen molar-refractivity contribution < 1.29 is 22.7 Å². The predicted molar refractivity (Wildman–Crippen MR) is 119 cm³/mol. The zero-order valence-corrected chi connectivity index (χ0v) is 18.5. The van der Waals surface area contributed by atoms with Gasteiger partial charge >= 0.3 is 12.1 Å². The Morgan fingerprint density at radius 3 is 2.34 bits per heavy atom. The molecule has 0 bridgehead atoms. The highest BCUT2D eigenvalue weighted by Crippen LogP contribution is 2.46. The average molecular weight is 444 g/mol. The van der Waals surface area contributed by atoms with Crippen LogP contribution >= 0.6 is 0 Å². The fraction of sp³-hybridized carbons (Fsp3) is 0.385. The lowest BCUT2D eigenvalue weighted by Gasteiger charge is -2.40. The van der Waals surface area contributed by atoms with E-state index in [9.17, 15) is 18.0 Å². The van der Waals surface area contributed by atoms with Crippen LogP contribution in [0.3, 0.4) is 0 Å². The van der Waals surface area contributed by atoms with E-state index < -0.39 is 23.1 Å². The van der Waals surface area contributed by atoms with E-state index in [1.165, 1.54) is 12.1 Å². The second kappa shape index (κ2) is 9.72. The molecule has 2 aromatic rings. The van der Waals surface area contributed by atoms with Gasteiger partial charge in [0, 0.05) is 17.8 Å². The molecule has 0 spiro atoms. The summed E-state index contributed by atoms with van der Waals surface area (Å²) in [5, 5.41) is 0. The molecule has 2 unspecified atom stereocenters. The third kappa shape index (κ3) is 5.12. The van der Waals surface area contributed by atoms with Gasteiger partial charge in [0.25, 0.3) is 0 Å². The van der Waals surface area contributed by atoms with Gasteiger partial charge in [-0.05, 0) is 66.6 Å². The van der Waals surface area contributed by atoms with Crippen molar-refractivity contribution in [2.45, 2.75) is 45.2 Å². The SMILES string of the molecule is CCOC(=O)C(CC(C)C)C1(c2ccc(C(F)(F)F)cc2)C=C(c2ccncc2)C=CC1. The van der Waals surface area contributed by atoms with Crippen LogP contribution in [0.25, 0.3) is 5.57 Å². The van der Waals surface area contributed by atoms with Gasteiger partial charge in [-0.2, -0.15) is 13.2 Å². The number of hydrogen-bond acceptors (Lipinski definition) is 3. The third-order valence-electron chi connectivity index (χ3n) is 5.83. The zero-order valence-electron chi connectivity index (χ0n) is 18.5. The first-order valence-corrected chi connectivity index (χ1v) is 10.8. The summed E-state index contributed by atoms with van der Waals surface area (Å²) in [6.07, 6.45) is 5.99. The number of carbonyl (C=O) groups excluding carboxylic acids is 1. The number of aromatic nitrogens is 1. The Labute approximate surface area is 187 Å². The van der Waals surface area contributed by atoms with Gasteiger partial charge in [-0.15, -0.1) is 0 Å². The van der Waals surface area contributed by atoms with Gasteiger partial charge in [-0.1, -0.05) is 44.2 Å². The topological polar surface area (TPSA) is 39.2 Å². The van der Waals surface area contributed by atoms with Crippen molar-refractivity contribution in [2.24, 2.45) is 11.8 Å². The number of benzene rings is 1. The van der Waals surface area contributed by atoms with E-state index in [1.54, 1.807) is 19.3 Å². The molecule has 170 valence electrons. The van der Waals surface area contributed by atoms with Crippen LogP contribution in [-0.4, -0.2) is 17.6 Å². The number of rotatable bonds is 7. The monoisotopic (exact) mass is 443 g/mol. The van der Waals surface area contributed by atoms with Crippen LogP contribution in [0.1, 0.15) is 50.3 Å². The number of allylic oxidation sites excluding steroid dienone is 4. The van der Waals surface area contributed by atoms with E-state index in [0.29, 0.717) is 18.4 Å². The number of halogens is 3. The standard InChI is InChI=1S/C26H28F3NO2/c1-4-32-24(31)23(16-18(2)3)25(21-7-9-22(10-8-21)26(27,28)29)13-5-6-20(17-25)19-11-14-30-15-12-19/h5-12,14-15,17-18,23H,4,13,16H2,1-3H3. The first-order chi connectivity index (χ1) is 15.2. The normalized spacial score (nSPS) is 19.5. The molecule has 0 N–H and O–H groups in total. The molecular formula is C26H28F3NO2. The third-order valence-corrected chi connectivity index (χ3v) is 5.83. The van der Waals surface area contributed by atoms with Gasteiger partial charge in [0.1, 0.15) is 0 Å². The maximum absolute atomic E-state index is 13.2. The molecule has 1 aliphatic rings. The van der Waals surface area contributed by atoms with E-state index in [2.05, 4.69) is 4.98 Å². The van der Waals surface area contributed by atoms with Crippen LogP contribution in [-0.2, 0) is 21.1 Å². The fourth-order valence-electron chi connectivity index (χ4n) is 4.34. The summed E-state index contributed by atoms with van der Waals surface area (Å²) in [5.41, 5.74) is 0.960. The fourth-order valence-corrected chi connectivity index (χ4v) is 4.34. The summed E-state index contributed by atoms with van der Waals surface area (Å²) >= 11 is 0. The minimum absolute atomic E-state index is 0.194. The van der Waals surface area contributed by atoms with Crippen molar-refractivity contribution in [1.29, 1.82) is 0 Å². The Hall–Kier alpha value is -2.89. The van der Waals surface area contributed by atoms with Crippen molar-refractivity contribution in [1.82, 2.24) is 4.98 Å². The van der Waals surface area contributed by atoms with E-state index in [1.807, 2.05) is 44.2 Å². The van der Waals surface area contributed by atoms with E-state index in [-0.39, 0.29) is 18.5 Å². The van der Waals surface area contributed by atoms with Crippen molar-refractivity contribution in [3.8, 4) is 0 Å². The molecule has 1 aliphatic carbocycles. The smallest absolute Gasteiger partial charge is 0.416 e. The molecule has 0 fully saturated rings. The molecule has 32 heavy (non-hydrogen) atoms. The number of alkyl halides is 3. The number of pyridine rings is 1. The number of carbonyl (C=O) groups is 1. The second-order valence-corrected chi connectivity index (χ2v) is 8.49. The van der Waals surface area contributed by atoms with Gasteiger partial charge in [0.2, 0.25) is 0 Å². The summed E-state index contributed by atoms with van der Waals surface area (Å²) in [5.74, 6) is -0.679. The van der Waals surface area contributed by atoms with Crippen LogP contribution in [0.2, 0.25) is 0 Å². The first kappa shape index (κ1) is 23.8. The number of nitrogens with zero attached hydrogens (tertiary/aromatic N) is 1. The molecule has 6 heteroatoms. The van der Waals surface area contributed by atoms with Crippen molar-refractivity contribution in [3.63, 3.8) is 0 Å². The van der Waals surface area contributed by atoms with E-state index >= 15 is 0 Å². The van der Waals surface area contributed by atoms with Gasteiger partial charge in [-0.25, -0.2) is 0 Å². The Balaban J connectivity index is 2.19. The highest BCUT2D eigenvalue weighted by atomic mass is 19.4. The molecule has 1 aromatic carbocycles. The maximum Gasteiger partial charge on any atom is 0.416 e.